The Bertz CT molecular complexity index is 238. The molecule has 2 saturated heterocycles. The summed E-state index contributed by atoms with van der Waals surface area (Å²) in [6.45, 7) is 15.0. The molecule has 0 amide bonds. The van der Waals surface area contributed by atoms with Crippen LogP contribution in [0.3, 0.4) is 0 Å². The standard InChI is InChI=1S/C16H33N3/c1-15(2)14-16-4-6-18(7-5-16)12-13-19-10-8-17(3)9-11-19/h15-16H,4-14H2,1-3H3. The fourth-order valence-electron chi connectivity index (χ4n) is 3.47. The third kappa shape index (κ3) is 5.41. The summed E-state index contributed by atoms with van der Waals surface area (Å²) in [5.74, 6) is 1.88. The zero-order chi connectivity index (χ0) is 13.7. The predicted molar refractivity (Wildman–Crippen MR) is 82.6 cm³/mol. The van der Waals surface area contributed by atoms with Crippen molar-refractivity contribution in [2.75, 3.05) is 59.4 Å². The smallest absolute Gasteiger partial charge is 0.0110 e. The molecule has 0 aromatic carbocycles. The van der Waals surface area contributed by atoms with Crippen molar-refractivity contribution in [3.63, 3.8) is 0 Å². The van der Waals surface area contributed by atoms with E-state index in [0.29, 0.717) is 0 Å². The van der Waals surface area contributed by atoms with Crippen LogP contribution in [0, 0.1) is 11.8 Å². The van der Waals surface area contributed by atoms with Crippen molar-refractivity contribution in [3.8, 4) is 0 Å². The lowest BCUT2D eigenvalue weighted by Crippen LogP contribution is -2.47. The molecule has 0 atom stereocenters. The van der Waals surface area contributed by atoms with E-state index in [-0.39, 0.29) is 0 Å². The van der Waals surface area contributed by atoms with Crippen LogP contribution >= 0.6 is 0 Å². The number of hydrogen-bond acceptors (Lipinski definition) is 3. The van der Waals surface area contributed by atoms with Gasteiger partial charge in [-0.1, -0.05) is 13.8 Å². The van der Waals surface area contributed by atoms with Crippen LogP contribution in [0.25, 0.3) is 0 Å². The molecule has 0 aromatic heterocycles. The van der Waals surface area contributed by atoms with Gasteiger partial charge in [0, 0.05) is 39.3 Å². The summed E-state index contributed by atoms with van der Waals surface area (Å²) < 4.78 is 0. The molecule has 0 bridgehead atoms. The van der Waals surface area contributed by atoms with Crippen LogP contribution in [-0.2, 0) is 0 Å². The minimum absolute atomic E-state index is 0.877. The van der Waals surface area contributed by atoms with Crippen molar-refractivity contribution in [2.45, 2.75) is 33.1 Å². The molecule has 2 heterocycles. The molecule has 0 spiro atoms. The SMILES string of the molecule is CC(C)CC1CCN(CCN2CCN(C)CC2)CC1. The highest BCUT2D eigenvalue weighted by molar-refractivity contribution is 4.75. The number of nitrogens with zero attached hydrogens (tertiary/aromatic N) is 3. The molecular weight excluding hydrogens is 234 g/mol. The van der Waals surface area contributed by atoms with Crippen molar-refractivity contribution in [3.05, 3.63) is 0 Å². The number of piperazine rings is 1. The minimum atomic E-state index is 0.877. The maximum Gasteiger partial charge on any atom is 0.0110 e. The second-order valence-electron chi connectivity index (χ2n) is 7.06. The molecule has 3 nitrogen and oxygen atoms in total. The van der Waals surface area contributed by atoms with Crippen molar-refractivity contribution < 1.29 is 0 Å². The average molecular weight is 267 g/mol. The molecule has 112 valence electrons. The van der Waals surface area contributed by atoms with E-state index in [1.165, 1.54) is 71.6 Å². The first-order valence-corrected chi connectivity index (χ1v) is 8.26. The molecule has 2 rings (SSSR count). The lowest BCUT2D eigenvalue weighted by atomic mass is 9.89. The summed E-state index contributed by atoms with van der Waals surface area (Å²) in [6, 6.07) is 0. The molecule has 19 heavy (non-hydrogen) atoms. The summed E-state index contributed by atoms with van der Waals surface area (Å²) in [5, 5.41) is 0. The first-order valence-electron chi connectivity index (χ1n) is 8.26. The van der Waals surface area contributed by atoms with Gasteiger partial charge in [-0.25, -0.2) is 0 Å². The third-order valence-electron chi connectivity index (χ3n) is 4.84. The van der Waals surface area contributed by atoms with Crippen LogP contribution in [0.5, 0.6) is 0 Å². The minimum Gasteiger partial charge on any atom is -0.304 e. The van der Waals surface area contributed by atoms with E-state index < -0.39 is 0 Å². The second kappa shape index (κ2) is 7.61. The van der Waals surface area contributed by atoms with E-state index in [1.807, 2.05) is 0 Å². The normalized spacial score (nSPS) is 25.3. The highest BCUT2D eigenvalue weighted by atomic mass is 15.3. The number of hydrogen-bond donors (Lipinski definition) is 0. The zero-order valence-corrected chi connectivity index (χ0v) is 13.3. The Morgan fingerprint density at radius 2 is 1.37 bits per heavy atom. The Hall–Kier alpha value is -0.120. The van der Waals surface area contributed by atoms with Gasteiger partial charge in [0.05, 0.1) is 0 Å². The Kier molecular flexibility index (Phi) is 6.11. The summed E-state index contributed by atoms with van der Waals surface area (Å²) in [5.41, 5.74) is 0. The zero-order valence-electron chi connectivity index (χ0n) is 13.3. The maximum absolute atomic E-state index is 2.69. The van der Waals surface area contributed by atoms with Gasteiger partial charge in [-0.15, -0.1) is 0 Å². The van der Waals surface area contributed by atoms with Crippen LogP contribution in [-0.4, -0.2) is 74.1 Å². The van der Waals surface area contributed by atoms with Crippen LogP contribution in [0.15, 0.2) is 0 Å². The molecule has 3 heteroatoms. The van der Waals surface area contributed by atoms with Gasteiger partial charge in [-0.05, 0) is 51.2 Å². The Morgan fingerprint density at radius 1 is 0.842 bits per heavy atom. The number of likely N-dealkylation sites (N-methyl/N-ethyl adjacent to an activating group) is 1. The lowest BCUT2D eigenvalue weighted by molar-refractivity contribution is 0.116. The summed E-state index contributed by atoms with van der Waals surface area (Å²) in [6.07, 6.45) is 4.30. The molecule has 0 aromatic rings. The van der Waals surface area contributed by atoms with Crippen LogP contribution in [0.1, 0.15) is 33.1 Å². The van der Waals surface area contributed by atoms with Gasteiger partial charge < -0.3 is 9.80 Å². The molecular formula is C16H33N3. The molecule has 0 unspecified atom stereocenters. The highest BCUT2D eigenvalue weighted by Crippen LogP contribution is 2.23. The van der Waals surface area contributed by atoms with Crippen molar-refractivity contribution in [1.82, 2.24) is 14.7 Å². The highest BCUT2D eigenvalue weighted by Gasteiger charge is 2.21. The lowest BCUT2D eigenvalue weighted by Gasteiger charge is -2.36. The van der Waals surface area contributed by atoms with Crippen LogP contribution in [0.4, 0.5) is 0 Å². The van der Waals surface area contributed by atoms with Gasteiger partial charge >= 0.3 is 0 Å². The van der Waals surface area contributed by atoms with Crippen molar-refractivity contribution in [1.29, 1.82) is 0 Å². The van der Waals surface area contributed by atoms with E-state index >= 15 is 0 Å². The fourth-order valence-corrected chi connectivity index (χ4v) is 3.47. The number of piperidine rings is 1. The van der Waals surface area contributed by atoms with Gasteiger partial charge in [0.2, 0.25) is 0 Å². The van der Waals surface area contributed by atoms with E-state index in [9.17, 15) is 0 Å². The molecule has 0 saturated carbocycles. The van der Waals surface area contributed by atoms with E-state index in [0.717, 1.165) is 11.8 Å². The Morgan fingerprint density at radius 3 is 1.89 bits per heavy atom. The first-order chi connectivity index (χ1) is 9.13. The monoisotopic (exact) mass is 267 g/mol. The summed E-state index contributed by atoms with van der Waals surface area (Å²) in [7, 11) is 2.23. The van der Waals surface area contributed by atoms with E-state index in [1.54, 1.807) is 0 Å². The van der Waals surface area contributed by atoms with Crippen LogP contribution in [0.2, 0.25) is 0 Å². The van der Waals surface area contributed by atoms with Gasteiger partial charge in [0.25, 0.3) is 0 Å². The molecule has 0 aliphatic carbocycles. The molecule has 2 aliphatic heterocycles. The van der Waals surface area contributed by atoms with Crippen molar-refractivity contribution in [2.24, 2.45) is 11.8 Å². The van der Waals surface area contributed by atoms with E-state index in [4.69, 9.17) is 0 Å². The Labute approximate surface area is 119 Å². The maximum atomic E-state index is 2.69. The van der Waals surface area contributed by atoms with Gasteiger partial charge in [-0.3, -0.25) is 4.90 Å². The molecule has 2 fully saturated rings. The van der Waals surface area contributed by atoms with Gasteiger partial charge in [-0.2, -0.15) is 0 Å². The summed E-state index contributed by atoms with van der Waals surface area (Å²) in [4.78, 5) is 7.77. The predicted octanol–water partition coefficient (Wildman–Crippen LogP) is 1.99. The van der Waals surface area contributed by atoms with Crippen molar-refractivity contribution >= 4 is 0 Å². The second-order valence-corrected chi connectivity index (χ2v) is 7.06. The molecule has 2 aliphatic rings. The fraction of sp³-hybridized carbons (Fsp3) is 1.00. The number of rotatable bonds is 5. The largest absolute Gasteiger partial charge is 0.304 e. The van der Waals surface area contributed by atoms with Crippen LogP contribution < -0.4 is 0 Å². The number of likely N-dealkylation sites (tertiary alicyclic amines) is 1. The first kappa shape index (κ1) is 15.3. The topological polar surface area (TPSA) is 9.72 Å². The van der Waals surface area contributed by atoms with E-state index in [2.05, 4.69) is 35.6 Å². The van der Waals surface area contributed by atoms with Gasteiger partial charge in [0.1, 0.15) is 0 Å². The van der Waals surface area contributed by atoms with Gasteiger partial charge in [0.15, 0.2) is 0 Å². The average Bonchev–Trinajstić information content (AvgIpc) is 2.39. The molecule has 0 radical (unpaired) electrons. The molecule has 0 N–H and O–H groups in total. The summed E-state index contributed by atoms with van der Waals surface area (Å²) >= 11 is 0. The quantitative estimate of drug-likeness (QED) is 0.754. The Balaban J connectivity index is 1.58. The third-order valence-corrected chi connectivity index (χ3v) is 4.84.